The number of benzene rings is 1. The van der Waals surface area contributed by atoms with Gasteiger partial charge in [0.2, 0.25) is 5.91 Å². The Balaban J connectivity index is 1.37. The van der Waals surface area contributed by atoms with Gasteiger partial charge in [-0.25, -0.2) is 0 Å². The average Bonchev–Trinajstić information content (AvgIpc) is 3.04. The van der Waals surface area contributed by atoms with Gasteiger partial charge < -0.3 is 20.1 Å². The third-order valence-electron chi connectivity index (χ3n) is 4.02. The van der Waals surface area contributed by atoms with Gasteiger partial charge in [0.05, 0.1) is 25.3 Å². The van der Waals surface area contributed by atoms with Crippen LogP contribution in [0.2, 0.25) is 0 Å². The summed E-state index contributed by atoms with van der Waals surface area (Å²) in [5.41, 5.74) is 1.13. The van der Waals surface area contributed by atoms with Crippen LogP contribution in [0.3, 0.4) is 0 Å². The van der Waals surface area contributed by atoms with Crippen molar-refractivity contribution in [3.63, 3.8) is 0 Å². The van der Waals surface area contributed by atoms with Gasteiger partial charge in [0, 0.05) is 12.7 Å². The number of nitrogens with one attached hydrogen (secondary N) is 2. The van der Waals surface area contributed by atoms with Gasteiger partial charge in [-0.3, -0.25) is 9.48 Å². The van der Waals surface area contributed by atoms with Gasteiger partial charge in [0.1, 0.15) is 12.7 Å². The molecule has 2 aromatic rings. The van der Waals surface area contributed by atoms with Crippen LogP contribution in [0.25, 0.3) is 0 Å². The Bertz CT molecular complexity index is 716. The van der Waals surface area contributed by atoms with Gasteiger partial charge in [-0.15, -0.1) is 0 Å². The molecule has 1 aromatic heterocycles. The zero-order valence-corrected chi connectivity index (χ0v) is 14.6. The lowest BCUT2D eigenvalue weighted by Gasteiger charge is -2.27. The molecule has 25 heavy (non-hydrogen) atoms. The maximum Gasteiger partial charge on any atom is 0.236 e. The smallest absolute Gasteiger partial charge is 0.236 e. The topological polar surface area (TPSA) is 77.4 Å². The zero-order valence-electron chi connectivity index (χ0n) is 14.6. The van der Waals surface area contributed by atoms with Crippen LogP contribution in [-0.2, 0) is 11.3 Å². The molecule has 0 saturated carbocycles. The maximum atomic E-state index is 12.2. The fraction of sp³-hybridized carbons (Fsp3) is 0.444. The summed E-state index contributed by atoms with van der Waals surface area (Å²) < 4.78 is 13.3. The predicted molar refractivity (Wildman–Crippen MR) is 93.8 cm³/mol. The molecule has 1 amide bonds. The van der Waals surface area contributed by atoms with Crippen LogP contribution in [0.15, 0.2) is 36.7 Å². The van der Waals surface area contributed by atoms with Crippen LogP contribution in [-0.4, -0.2) is 47.5 Å². The molecule has 0 aliphatic carbocycles. The van der Waals surface area contributed by atoms with Crippen molar-refractivity contribution in [1.82, 2.24) is 20.4 Å². The third-order valence-corrected chi connectivity index (χ3v) is 4.02. The van der Waals surface area contributed by atoms with Gasteiger partial charge >= 0.3 is 0 Å². The molecule has 0 saturated heterocycles. The number of carbonyl (C=O) groups excluding carboxylic acids is 1. The Morgan fingerprint density at radius 2 is 2.20 bits per heavy atom. The number of aromatic nitrogens is 2. The van der Waals surface area contributed by atoms with E-state index in [0.717, 1.165) is 17.9 Å². The van der Waals surface area contributed by atoms with Gasteiger partial charge in [-0.1, -0.05) is 12.1 Å². The van der Waals surface area contributed by atoms with Crippen LogP contribution in [0.5, 0.6) is 11.5 Å². The van der Waals surface area contributed by atoms with E-state index in [0.29, 0.717) is 25.4 Å². The molecule has 1 aliphatic heterocycles. The monoisotopic (exact) mass is 344 g/mol. The summed E-state index contributed by atoms with van der Waals surface area (Å²) in [6, 6.07) is 7.26. The molecule has 1 aromatic carbocycles. The highest BCUT2D eigenvalue weighted by Crippen LogP contribution is 2.30. The van der Waals surface area contributed by atoms with Gasteiger partial charge in [0.15, 0.2) is 11.5 Å². The normalized spacial score (nSPS) is 17.1. The van der Waals surface area contributed by atoms with Crippen molar-refractivity contribution >= 4 is 5.91 Å². The van der Waals surface area contributed by atoms with Gasteiger partial charge in [0.25, 0.3) is 0 Å². The quantitative estimate of drug-likeness (QED) is 0.787. The lowest BCUT2D eigenvalue weighted by atomic mass is 10.2. The first-order valence-corrected chi connectivity index (χ1v) is 8.50. The molecule has 7 heteroatoms. The number of hydrogen-bond donors (Lipinski definition) is 2. The summed E-state index contributed by atoms with van der Waals surface area (Å²) in [4.78, 5) is 12.2. The van der Waals surface area contributed by atoms with Crippen molar-refractivity contribution < 1.29 is 14.3 Å². The first-order valence-electron chi connectivity index (χ1n) is 8.50. The lowest BCUT2D eigenvalue weighted by molar-refractivity contribution is -0.123. The number of para-hydroxylation sites is 2. The summed E-state index contributed by atoms with van der Waals surface area (Å²) in [5, 5.41) is 10.3. The number of hydrogen-bond acceptors (Lipinski definition) is 5. The Hall–Kier alpha value is -2.54. The van der Waals surface area contributed by atoms with E-state index in [1.807, 2.05) is 55.2 Å². The number of nitrogens with zero attached hydrogens (tertiary/aromatic N) is 2. The zero-order chi connectivity index (χ0) is 17.6. The van der Waals surface area contributed by atoms with E-state index in [1.165, 1.54) is 0 Å². The number of carbonyl (C=O) groups is 1. The number of rotatable bonds is 7. The molecule has 2 heterocycles. The average molecular weight is 344 g/mol. The largest absolute Gasteiger partial charge is 0.486 e. The Morgan fingerprint density at radius 3 is 2.96 bits per heavy atom. The highest BCUT2D eigenvalue weighted by atomic mass is 16.6. The molecule has 3 rings (SSSR count). The Labute approximate surface area is 147 Å². The molecule has 0 spiro atoms. The molecule has 0 unspecified atom stereocenters. The van der Waals surface area contributed by atoms with Gasteiger partial charge in [-0.05, 0) is 31.5 Å². The molecular formula is C18H24N4O3. The second-order valence-electron chi connectivity index (χ2n) is 6.20. The van der Waals surface area contributed by atoms with E-state index in [1.54, 1.807) is 0 Å². The van der Waals surface area contributed by atoms with Crippen molar-refractivity contribution in [1.29, 1.82) is 0 Å². The first kappa shape index (κ1) is 17.3. The Morgan fingerprint density at radius 1 is 1.40 bits per heavy atom. The van der Waals surface area contributed by atoms with E-state index < -0.39 is 0 Å². The maximum absolute atomic E-state index is 12.2. The van der Waals surface area contributed by atoms with Crippen LogP contribution in [0, 0.1) is 6.92 Å². The fourth-order valence-electron chi connectivity index (χ4n) is 2.61. The molecule has 0 bridgehead atoms. The van der Waals surface area contributed by atoms with E-state index in [4.69, 9.17) is 9.47 Å². The summed E-state index contributed by atoms with van der Waals surface area (Å²) in [6.45, 7) is 6.09. The van der Waals surface area contributed by atoms with Crippen molar-refractivity contribution in [2.75, 3.05) is 19.7 Å². The van der Waals surface area contributed by atoms with Crippen molar-refractivity contribution in [3.05, 3.63) is 42.2 Å². The second kappa shape index (κ2) is 8.02. The molecule has 2 atom stereocenters. The number of amides is 1. The predicted octanol–water partition coefficient (Wildman–Crippen LogP) is 1.13. The van der Waals surface area contributed by atoms with Crippen LogP contribution < -0.4 is 20.1 Å². The highest BCUT2D eigenvalue weighted by molar-refractivity contribution is 5.81. The molecule has 134 valence electrons. The summed E-state index contributed by atoms with van der Waals surface area (Å²) in [5.74, 6) is 1.40. The van der Waals surface area contributed by atoms with Crippen molar-refractivity contribution in [2.45, 2.75) is 32.5 Å². The third kappa shape index (κ3) is 4.73. The standard InChI is InChI=1S/C18H24N4O3/c1-13-9-21-22(11-13)8-7-19-14(2)18(23)20-10-15-12-24-16-5-3-4-6-17(16)25-15/h3-6,9,11,14-15,19H,7-8,10,12H2,1-2H3,(H,20,23)/t14-,15+/m1/s1. The molecular weight excluding hydrogens is 320 g/mol. The van der Waals surface area contributed by atoms with E-state index in [2.05, 4.69) is 15.7 Å². The van der Waals surface area contributed by atoms with Gasteiger partial charge in [-0.2, -0.15) is 5.10 Å². The van der Waals surface area contributed by atoms with Crippen LogP contribution >= 0.6 is 0 Å². The Kier molecular flexibility index (Phi) is 5.55. The van der Waals surface area contributed by atoms with Crippen molar-refractivity contribution in [2.24, 2.45) is 0 Å². The van der Waals surface area contributed by atoms with E-state index >= 15 is 0 Å². The second-order valence-corrected chi connectivity index (χ2v) is 6.20. The molecule has 0 radical (unpaired) electrons. The number of fused-ring (bicyclic) bond motifs is 1. The van der Waals surface area contributed by atoms with Crippen molar-refractivity contribution in [3.8, 4) is 11.5 Å². The molecule has 0 fully saturated rings. The summed E-state index contributed by atoms with van der Waals surface area (Å²) in [7, 11) is 0. The molecule has 2 N–H and O–H groups in total. The minimum Gasteiger partial charge on any atom is -0.486 e. The fourth-order valence-corrected chi connectivity index (χ4v) is 2.61. The summed E-state index contributed by atoms with van der Waals surface area (Å²) >= 11 is 0. The number of ether oxygens (including phenoxy) is 2. The first-order chi connectivity index (χ1) is 12.1. The minimum atomic E-state index is -0.284. The number of aryl methyl sites for hydroxylation is 1. The molecule has 7 nitrogen and oxygen atoms in total. The van der Waals surface area contributed by atoms with E-state index in [-0.39, 0.29) is 18.1 Å². The molecule has 1 aliphatic rings. The van der Waals surface area contributed by atoms with E-state index in [9.17, 15) is 4.79 Å². The highest BCUT2D eigenvalue weighted by Gasteiger charge is 2.22. The van der Waals surface area contributed by atoms with Crippen LogP contribution in [0.4, 0.5) is 0 Å². The summed E-state index contributed by atoms with van der Waals surface area (Å²) in [6.07, 6.45) is 3.61. The minimum absolute atomic E-state index is 0.0564. The SMILES string of the molecule is Cc1cnn(CCN[C@H](C)C(=O)NC[C@H]2COc3ccccc3O2)c1. The lowest BCUT2D eigenvalue weighted by Crippen LogP contribution is -2.47. The van der Waals surface area contributed by atoms with Crippen LogP contribution in [0.1, 0.15) is 12.5 Å².